The van der Waals surface area contributed by atoms with Gasteiger partial charge in [0, 0.05) is 17.6 Å². The molecular weight excluding hydrogens is 264 g/mol. The second-order valence-corrected chi connectivity index (χ2v) is 6.37. The third-order valence-corrected chi connectivity index (χ3v) is 4.23. The van der Waals surface area contributed by atoms with Crippen molar-refractivity contribution in [2.75, 3.05) is 11.9 Å². The topological polar surface area (TPSA) is 62.2 Å². The Balaban J connectivity index is 2.40. The predicted molar refractivity (Wildman–Crippen MR) is 85.8 cm³/mol. The first kappa shape index (κ1) is 15.3. The number of aromatic carboxylic acids is 1. The monoisotopic (exact) mass is 286 g/mol. The van der Waals surface area contributed by atoms with Crippen molar-refractivity contribution in [1.29, 1.82) is 0 Å². The first-order valence-electron chi connectivity index (χ1n) is 7.18. The van der Waals surface area contributed by atoms with Crippen molar-refractivity contribution in [3.63, 3.8) is 0 Å². The van der Waals surface area contributed by atoms with Crippen LogP contribution in [0.15, 0.2) is 30.3 Å². The van der Waals surface area contributed by atoms with E-state index in [9.17, 15) is 9.90 Å². The number of benzene rings is 1. The van der Waals surface area contributed by atoms with Crippen molar-refractivity contribution in [3.05, 3.63) is 36.0 Å². The summed E-state index contributed by atoms with van der Waals surface area (Å²) in [5, 5.41) is 13.5. The molecule has 2 rings (SSSR count). The van der Waals surface area contributed by atoms with Gasteiger partial charge in [0.15, 0.2) is 5.69 Å². The SMILES string of the molecule is CC(C)C(C)(C)CNc1cc(C(=O)O)nc2ccccc12. The van der Waals surface area contributed by atoms with E-state index >= 15 is 0 Å². The van der Waals surface area contributed by atoms with E-state index in [1.165, 1.54) is 0 Å². The number of nitrogens with one attached hydrogen (secondary N) is 1. The number of carboxylic acids is 1. The van der Waals surface area contributed by atoms with Crippen LogP contribution < -0.4 is 5.32 Å². The fraction of sp³-hybridized carbons (Fsp3) is 0.412. The molecule has 0 saturated heterocycles. The molecule has 112 valence electrons. The number of hydrogen-bond donors (Lipinski definition) is 2. The molecule has 21 heavy (non-hydrogen) atoms. The molecule has 2 N–H and O–H groups in total. The largest absolute Gasteiger partial charge is 0.477 e. The van der Waals surface area contributed by atoms with E-state index in [0.29, 0.717) is 11.4 Å². The molecule has 0 radical (unpaired) electrons. The Morgan fingerprint density at radius 1 is 1.33 bits per heavy atom. The van der Waals surface area contributed by atoms with Crippen molar-refractivity contribution in [2.24, 2.45) is 11.3 Å². The van der Waals surface area contributed by atoms with E-state index in [2.05, 4.69) is 38.0 Å². The van der Waals surface area contributed by atoms with Crippen LogP contribution in [0.5, 0.6) is 0 Å². The number of rotatable bonds is 5. The van der Waals surface area contributed by atoms with Crippen LogP contribution in [0.4, 0.5) is 5.69 Å². The summed E-state index contributed by atoms with van der Waals surface area (Å²) in [6.45, 7) is 9.56. The number of pyridine rings is 1. The van der Waals surface area contributed by atoms with Crippen LogP contribution in [-0.2, 0) is 0 Å². The molecule has 1 aromatic heterocycles. The van der Waals surface area contributed by atoms with Gasteiger partial charge >= 0.3 is 5.97 Å². The third-order valence-electron chi connectivity index (χ3n) is 4.23. The minimum atomic E-state index is -1.01. The Bertz CT molecular complexity index is 663. The molecule has 0 spiro atoms. The molecule has 0 amide bonds. The molecule has 0 aliphatic carbocycles. The Kier molecular flexibility index (Phi) is 4.16. The molecule has 4 heteroatoms. The van der Waals surface area contributed by atoms with Crippen molar-refractivity contribution in [2.45, 2.75) is 27.7 Å². The van der Waals surface area contributed by atoms with E-state index in [1.54, 1.807) is 6.07 Å². The Morgan fingerprint density at radius 2 is 2.00 bits per heavy atom. The lowest BCUT2D eigenvalue weighted by Crippen LogP contribution is -2.28. The lowest BCUT2D eigenvalue weighted by Gasteiger charge is -2.30. The van der Waals surface area contributed by atoms with Crippen LogP contribution in [0.1, 0.15) is 38.2 Å². The van der Waals surface area contributed by atoms with Gasteiger partial charge in [0.25, 0.3) is 0 Å². The molecule has 1 heterocycles. The molecular formula is C17H22N2O2. The summed E-state index contributed by atoms with van der Waals surface area (Å²) in [5.74, 6) is -0.482. The first-order valence-corrected chi connectivity index (χ1v) is 7.18. The van der Waals surface area contributed by atoms with Gasteiger partial charge < -0.3 is 10.4 Å². The maximum atomic E-state index is 11.2. The van der Waals surface area contributed by atoms with Gasteiger partial charge in [-0.3, -0.25) is 0 Å². The van der Waals surface area contributed by atoms with Gasteiger partial charge in [-0.25, -0.2) is 9.78 Å². The number of para-hydroxylation sites is 1. The van der Waals surface area contributed by atoms with E-state index in [1.807, 2.05) is 24.3 Å². The normalized spacial score (nSPS) is 11.9. The maximum Gasteiger partial charge on any atom is 0.354 e. The van der Waals surface area contributed by atoms with Crippen LogP contribution >= 0.6 is 0 Å². The summed E-state index contributed by atoms with van der Waals surface area (Å²) < 4.78 is 0. The third kappa shape index (κ3) is 3.32. The zero-order valence-electron chi connectivity index (χ0n) is 13.0. The van der Waals surface area contributed by atoms with E-state index in [4.69, 9.17) is 0 Å². The van der Waals surface area contributed by atoms with Crippen LogP contribution in [0.25, 0.3) is 10.9 Å². The molecule has 0 atom stereocenters. The molecule has 2 aromatic rings. The molecule has 0 saturated carbocycles. The lowest BCUT2D eigenvalue weighted by molar-refractivity contribution is 0.0691. The summed E-state index contributed by atoms with van der Waals surface area (Å²) in [4.78, 5) is 15.4. The van der Waals surface area contributed by atoms with E-state index in [0.717, 1.165) is 17.6 Å². The summed E-state index contributed by atoms with van der Waals surface area (Å²) >= 11 is 0. The van der Waals surface area contributed by atoms with E-state index < -0.39 is 5.97 Å². The molecule has 0 fully saturated rings. The van der Waals surface area contributed by atoms with E-state index in [-0.39, 0.29) is 11.1 Å². The quantitative estimate of drug-likeness (QED) is 0.871. The maximum absolute atomic E-state index is 11.2. The number of carbonyl (C=O) groups is 1. The highest BCUT2D eigenvalue weighted by molar-refractivity contribution is 5.97. The van der Waals surface area contributed by atoms with Crippen molar-refractivity contribution < 1.29 is 9.90 Å². The standard InChI is InChI=1S/C17H22N2O2/c1-11(2)17(3,4)10-18-14-9-15(16(20)21)19-13-8-6-5-7-12(13)14/h5-9,11H,10H2,1-4H3,(H,18,19)(H,20,21). The highest BCUT2D eigenvalue weighted by Crippen LogP contribution is 2.29. The highest BCUT2D eigenvalue weighted by atomic mass is 16.4. The minimum Gasteiger partial charge on any atom is -0.477 e. The second kappa shape index (κ2) is 5.72. The zero-order chi connectivity index (χ0) is 15.6. The Morgan fingerprint density at radius 3 is 2.62 bits per heavy atom. The smallest absolute Gasteiger partial charge is 0.354 e. The fourth-order valence-electron chi connectivity index (χ4n) is 1.96. The fourth-order valence-corrected chi connectivity index (χ4v) is 1.96. The van der Waals surface area contributed by atoms with Crippen molar-refractivity contribution in [1.82, 2.24) is 4.98 Å². The minimum absolute atomic E-state index is 0.0681. The van der Waals surface area contributed by atoms with Gasteiger partial charge in [-0.2, -0.15) is 0 Å². The van der Waals surface area contributed by atoms with Gasteiger partial charge in [0.2, 0.25) is 0 Å². The number of fused-ring (bicyclic) bond motifs is 1. The van der Waals surface area contributed by atoms with Gasteiger partial charge in [0.05, 0.1) is 5.52 Å². The van der Waals surface area contributed by atoms with Gasteiger partial charge in [0.1, 0.15) is 0 Å². The zero-order valence-corrected chi connectivity index (χ0v) is 13.0. The first-order chi connectivity index (χ1) is 9.81. The molecule has 0 aliphatic heterocycles. The highest BCUT2D eigenvalue weighted by Gasteiger charge is 2.22. The Labute approximate surface area is 125 Å². The van der Waals surface area contributed by atoms with Gasteiger partial charge in [-0.05, 0) is 23.5 Å². The average molecular weight is 286 g/mol. The Hall–Kier alpha value is -2.10. The van der Waals surface area contributed by atoms with Crippen LogP contribution in [0.3, 0.4) is 0 Å². The number of hydrogen-bond acceptors (Lipinski definition) is 3. The number of nitrogens with zero attached hydrogens (tertiary/aromatic N) is 1. The van der Waals surface area contributed by atoms with Crippen LogP contribution in [0.2, 0.25) is 0 Å². The summed E-state index contributed by atoms with van der Waals surface area (Å²) in [6, 6.07) is 9.20. The molecule has 1 aromatic carbocycles. The van der Waals surface area contributed by atoms with Crippen molar-refractivity contribution in [3.8, 4) is 0 Å². The number of carboxylic acid groups (broad SMARTS) is 1. The summed E-state index contributed by atoms with van der Waals surface area (Å²) in [6.07, 6.45) is 0. The average Bonchev–Trinajstić information content (AvgIpc) is 2.44. The molecule has 0 bridgehead atoms. The second-order valence-electron chi connectivity index (χ2n) is 6.37. The van der Waals surface area contributed by atoms with Crippen LogP contribution in [-0.4, -0.2) is 22.6 Å². The summed E-state index contributed by atoms with van der Waals surface area (Å²) in [7, 11) is 0. The molecule has 0 unspecified atom stereocenters. The summed E-state index contributed by atoms with van der Waals surface area (Å²) in [5.41, 5.74) is 1.71. The molecule has 0 aliphatic rings. The number of anilines is 1. The lowest BCUT2D eigenvalue weighted by atomic mass is 9.81. The van der Waals surface area contributed by atoms with Crippen molar-refractivity contribution >= 4 is 22.6 Å². The molecule has 4 nitrogen and oxygen atoms in total. The van der Waals surface area contributed by atoms with Crippen LogP contribution in [0, 0.1) is 11.3 Å². The van der Waals surface area contributed by atoms with Gasteiger partial charge in [-0.15, -0.1) is 0 Å². The number of aromatic nitrogens is 1. The van der Waals surface area contributed by atoms with Gasteiger partial charge in [-0.1, -0.05) is 45.9 Å². The predicted octanol–water partition coefficient (Wildman–Crippen LogP) is 4.03.